The quantitative estimate of drug-likeness (QED) is 0.641. The van der Waals surface area contributed by atoms with Gasteiger partial charge in [-0.25, -0.2) is 4.79 Å². The van der Waals surface area contributed by atoms with Gasteiger partial charge in [0.05, 0.1) is 13.0 Å². The fourth-order valence-electron chi connectivity index (χ4n) is 2.55. The maximum atomic E-state index is 12.0. The van der Waals surface area contributed by atoms with Crippen molar-refractivity contribution in [3.63, 3.8) is 0 Å². The Morgan fingerprint density at radius 3 is 2.22 bits per heavy atom. The summed E-state index contributed by atoms with van der Waals surface area (Å²) in [6, 6.07) is 0. The molecular weight excluding hydrogens is 277 g/mol. The average Bonchev–Trinajstić information content (AvgIpc) is 2.99. The Hall–Kier alpha value is -0.480. The van der Waals surface area contributed by atoms with Crippen LogP contribution in [-0.2, 0) is 14.3 Å². The standard InChI is InChI=1S/C12H17Cl2NO3/c1-18-10(17)11(5-3-2-4-6-11)15-9(16)8-7-12(8,13)14/h8H,2-7H2,1H3,(H,15,16). The third kappa shape index (κ3) is 2.59. The second kappa shape index (κ2) is 4.89. The van der Waals surface area contributed by atoms with Gasteiger partial charge in [-0.1, -0.05) is 19.3 Å². The first-order valence-electron chi connectivity index (χ1n) is 6.19. The van der Waals surface area contributed by atoms with Crippen LogP contribution in [0, 0.1) is 5.92 Å². The van der Waals surface area contributed by atoms with Gasteiger partial charge in [0.15, 0.2) is 0 Å². The molecular formula is C12H17Cl2NO3. The zero-order chi connectivity index (χ0) is 13.4. The van der Waals surface area contributed by atoms with Crippen LogP contribution in [0.5, 0.6) is 0 Å². The molecule has 2 fully saturated rings. The molecule has 102 valence electrons. The lowest BCUT2D eigenvalue weighted by molar-refractivity contribution is -0.152. The van der Waals surface area contributed by atoms with Gasteiger partial charge < -0.3 is 10.1 Å². The van der Waals surface area contributed by atoms with Gasteiger partial charge in [-0.2, -0.15) is 0 Å². The van der Waals surface area contributed by atoms with Crippen LogP contribution in [0.4, 0.5) is 0 Å². The number of esters is 1. The molecule has 1 N–H and O–H groups in total. The predicted octanol–water partition coefficient (Wildman–Crippen LogP) is 2.17. The molecule has 1 amide bonds. The fourth-order valence-corrected chi connectivity index (χ4v) is 3.06. The highest BCUT2D eigenvalue weighted by atomic mass is 35.5. The van der Waals surface area contributed by atoms with E-state index in [9.17, 15) is 9.59 Å². The molecule has 6 heteroatoms. The number of methoxy groups -OCH3 is 1. The molecule has 2 rings (SSSR count). The fraction of sp³-hybridized carbons (Fsp3) is 0.833. The van der Waals surface area contributed by atoms with Gasteiger partial charge in [0.2, 0.25) is 5.91 Å². The number of halogens is 2. The smallest absolute Gasteiger partial charge is 0.331 e. The molecule has 0 aromatic rings. The van der Waals surface area contributed by atoms with Gasteiger partial charge in [-0.05, 0) is 19.3 Å². The van der Waals surface area contributed by atoms with E-state index >= 15 is 0 Å². The minimum absolute atomic E-state index is 0.243. The van der Waals surface area contributed by atoms with Crippen LogP contribution in [0.15, 0.2) is 0 Å². The third-order valence-electron chi connectivity index (χ3n) is 3.79. The summed E-state index contributed by atoms with van der Waals surface area (Å²) in [5.41, 5.74) is -0.878. The normalized spacial score (nSPS) is 28.3. The zero-order valence-electron chi connectivity index (χ0n) is 10.3. The SMILES string of the molecule is COC(=O)C1(NC(=O)C2CC2(Cl)Cl)CCCCC1. The van der Waals surface area contributed by atoms with Gasteiger partial charge >= 0.3 is 5.97 Å². The van der Waals surface area contributed by atoms with Crippen molar-refractivity contribution in [1.82, 2.24) is 5.32 Å². The third-order valence-corrected chi connectivity index (χ3v) is 4.62. The lowest BCUT2D eigenvalue weighted by Crippen LogP contribution is -2.56. The number of hydrogen-bond acceptors (Lipinski definition) is 3. The first-order chi connectivity index (χ1) is 8.41. The Labute approximate surface area is 116 Å². The Balaban J connectivity index is 2.06. The number of alkyl halides is 2. The molecule has 0 aromatic carbocycles. The summed E-state index contributed by atoms with van der Waals surface area (Å²) in [4.78, 5) is 24.0. The van der Waals surface area contributed by atoms with Crippen molar-refractivity contribution >= 4 is 35.1 Å². The summed E-state index contributed by atoms with van der Waals surface area (Å²) < 4.78 is 3.86. The number of nitrogens with one attached hydrogen (secondary N) is 1. The number of ether oxygens (including phenoxy) is 1. The summed E-state index contributed by atoms with van der Waals surface area (Å²) in [7, 11) is 1.34. The van der Waals surface area contributed by atoms with Gasteiger partial charge in [0, 0.05) is 0 Å². The number of carbonyl (C=O) groups is 2. The van der Waals surface area contributed by atoms with Crippen molar-refractivity contribution in [3.8, 4) is 0 Å². The molecule has 2 saturated carbocycles. The van der Waals surface area contributed by atoms with Crippen molar-refractivity contribution in [3.05, 3.63) is 0 Å². The molecule has 0 radical (unpaired) electrons. The molecule has 0 heterocycles. The van der Waals surface area contributed by atoms with Crippen molar-refractivity contribution in [1.29, 1.82) is 0 Å². The topological polar surface area (TPSA) is 55.4 Å². The first kappa shape index (κ1) is 13.9. The molecule has 2 aliphatic rings. The van der Waals surface area contributed by atoms with Crippen LogP contribution in [0.2, 0.25) is 0 Å². The van der Waals surface area contributed by atoms with E-state index in [-0.39, 0.29) is 11.9 Å². The lowest BCUT2D eigenvalue weighted by Gasteiger charge is -2.35. The van der Waals surface area contributed by atoms with E-state index in [0.717, 1.165) is 19.3 Å². The van der Waals surface area contributed by atoms with Crippen molar-refractivity contribution < 1.29 is 14.3 Å². The number of rotatable bonds is 3. The van der Waals surface area contributed by atoms with Crippen LogP contribution in [0.3, 0.4) is 0 Å². The van der Waals surface area contributed by atoms with Crippen molar-refractivity contribution in [2.45, 2.75) is 48.4 Å². The predicted molar refractivity (Wildman–Crippen MR) is 68.5 cm³/mol. The average molecular weight is 294 g/mol. The number of amides is 1. The van der Waals surface area contributed by atoms with Gasteiger partial charge in [-0.3, -0.25) is 4.79 Å². The molecule has 2 aliphatic carbocycles. The monoisotopic (exact) mass is 293 g/mol. The van der Waals surface area contributed by atoms with Crippen LogP contribution in [0.25, 0.3) is 0 Å². The van der Waals surface area contributed by atoms with Gasteiger partial charge in [0.25, 0.3) is 0 Å². The van der Waals surface area contributed by atoms with E-state index in [1.807, 2.05) is 0 Å². The second-order valence-electron chi connectivity index (χ2n) is 5.14. The second-order valence-corrected chi connectivity index (χ2v) is 6.68. The summed E-state index contributed by atoms with van der Waals surface area (Å²) in [6.07, 6.45) is 4.58. The molecule has 0 aromatic heterocycles. The van der Waals surface area contributed by atoms with Crippen LogP contribution in [-0.4, -0.2) is 28.9 Å². The summed E-state index contributed by atoms with van der Waals surface area (Å²) in [5.74, 6) is -1.03. The molecule has 18 heavy (non-hydrogen) atoms. The number of carbonyl (C=O) groups excluding carboxylic acids is 2. The van der Waals surface area contributed by atoms with Crippen molar-refractivity contribution in [2.75, 3.05) is 7.11 Å². The van der Waals surface area contributed by atoms with E-state index < -0.39 is 15.8 Å². The maximum Gasteiger partial charge on any atom is 0.331 e. The molecule has 0 bridgehead atoms. The molecule has 4 nitrogen and oxygen atoms in total. The molecule has 0 saturated heterocycles. The summed E-state index contributed by atoms with van der Waals surface area (Å²) in [5, 5.41) is 2.82. The number of hydrogen-bond donors (Lipinski definition) is 1. The maximum absolute atomic E-state index is 12.0. The highest BCUT2D eigenvalue weighted by Gasteiger charge is 2.58. The van der Waals surface area contributed by atoms with E-state index in [4.69, 9.17) is 27.9 Å². The Kier molecular flexibility index (Phi) is 3.79. The highest BCUT2D eigenvalue weighted by Crippen LogP contribution is 2.53. The van der Waals surface area contributed by atoms with Crippen molar-refractivity contribution in [2.24, 2.45) is 5.92 Å². The first-order valence-corrected chi connectivity index (χ1v) is 6.95. The van der Waals surface area contributed by atoms with E-state index in [0.29, 0.717) is 19.3 Å². The zero-order valence-corrected chi connectivity index (χ0v) is 11.8. The summed E-state index contributed by atoms with van der Waals surface area (Å²) >= 11 is 11.7. The molecule has 0 aliphatic heterocycles. The van der Waals surface area contributed by atoms with Crippen LogP contribution < -0.4 is 5.32 Å². The molecule has 1 unspecified atom stereocenters. The van der Waals surface area contributed by atoms with Crippen LogP contribution >= 0.6 is 23.2 Å². The van der Waals surface area contributed by atoms with E-state index in [2.05, 4.69) is 5.32 Å². The minimum Gasteiger partial charge on any atom is -0.467 e. The van der Waals surface area contributed by atoms with Gasteiger partial charge in [-0.15, -0.1) is 23.2 Å². The van der Waals surface area contributed by atoms with Gasteiger partial charge in [0.1, 0.15) is 9.87 Å². The Bertz CT molecular complexity index is 364. The van der Waals surface area contributed by atoms with Crippen LogP contribution in [0.1, 0.15) is 38.5 Å². The Morgan fingerprint density at radius 2 is 1.78 bits per heavy atom. The lowest BCUT2D eigenvalue weighted by atomic mass is 9.81. The van der Waals surface area contributed by atoms with E-state index in [1.165, 1.54) is 7.11 Å². The Morgan fingerprint density at radius 1 is 1.22 bits per heavy atom. The minimum atomic E-state index is -0.962. The summed E-state index contributed by atoms with van der Waals surface area (Å²) in [6.45, 7) is 0. The highest BCUT2D eigenvalue weighted by molar-refractivity contribution is 6.52. The molecule has 0 spiro atoms. The van der Waals surface area contributed by atoms with E-state index in [1.54, 1.807) is 0 Å². The molecule has 1 atom stereocenters. The largest absolute Gasteiger partial charge is 0.467 e.